The van der Waals surface area contributed by atoms with Gasteiger partial charge in [-0.25, -0.2) is 0 Å². The highest BCUT2D eigenvalue weighted by molar-refractivity contribution is 7.10. The van der Waals surface area contributed by atoms with Gasteiger partial charge in [-0.3, -0.25) is 9.88 Å². The fourth-order valence-corrected chi connectivity index (χ4v) is 3.60. The summed E-state index contributed by atoms with van der Waals surface area (Å²) in [6.07, 6.45) is 4.43. The van der Waals surface area contributed by atoms with Gasteiger partial charge in [0.05, 0.1) is 11.7 Å². The molecule has 18 heavy (non-hydrogen) atoms. The van der Waals surface area contributed by atoms with Crippen molar-refractivity contribution in [3.05, 3.63) is 52.0 Å². The Hall–Kier alpha value is -1.19. The van der Waals surface area contributed by atoms with Crippen LogP contribution in [0.5, 0.6) is 0 Å². The Labute approximate surface area is 112 Å². The van der Waals surface area contributed by atoms with Crippen LogP contribution in [0.15, 0.2) is 35.8 Å². The lowest BCUT2D eigenvalue weighted by molar-refractivity contribution is 0.246. The minimum absolute atomic E-state index is 0.507. The molecule has 2 nitrogen and oxygen atoms in total. The molecule has 0 spiro atoms. The van der Waals surface area contributed by atoms with Crippen molar-refractivity contribution >= 4 is 11.3 Å². The molecule has 2 aromatic rings. The zero-order valence-corrected chi connectivity index (χ0v) is 11.5. The van der Waals surface area contributed by atoms with E-state index in [4.69, 9.17) is 0 Å². The highest BCUT2D eigenvalue weighted by Crippen LogP contribution is 2.33. The number of aryl methyl sites for hydroxylation is 1. The number of rotatable bonds is 3. The summed E-state index contributed by atoms with van der Waals surface area (Å²) >= 11 is 1.87. The largest absolute Gasteiger partial charge is 0.290 e. The lowest BCUT2D eigenvalue weighted by Gasteiger charge is -2.23. The summed E-state index contributed by atoms with van der Waals surface area (Å²) in [7, 11) is 0. The Bertz CT molecular complexity index is 506. The van der Waals surface area contributed by atoms with Crippen molar-refractivity contribution in [2.45, 2.75) is 32.4 Å². The van der Waals surface area contributed by atoms with Crippen LogP contribution in [0.3, 0.4) is 0 Å². The maximum absolute atomic E-state index is 4.52. The van der Waals surface area contributed by atoms with E-state index in [1.165, 1.54) is 35.5 Å². The van der Waals surface area contributed by atoms with E-state index in [9.17, 15) is 0 Å². The van der Waals surface area contributed by atoms with Crippen LogP contribution in [0.1, 0.15) is 35.0 Å². The average Bonchev–Trinajstić information content (AvgIpc) is 3.01. The van der Waals surface area contributed by atoms with Gasteiger partial charge in [0.25, 0.3) is 0 Å². The van der Waals surface area contributed by atoms with Crippen LogP contribution in [0.25, 0.3) is 0 Å². The molecule has 0 N–H and O–H groups in total. The number of hydrogen-bond acceptors (Lipinski definition) is 3. The molecule has 3 heterocycles. The van der Waals surface area contributed by atoms with E-state index in [0.717, 1.165) is 6.54 Å². The monoisotopic (exact) mass is 258 g/mol. The van der Waals surface area contributed by atoms with Crippen LogP contribution in [-0.2, 0) is 6.54 Å². The summed E-state index contributed by atoms with van der Waals surface area (Å²) in [6, 6.07) is 8.96. The smallest absolute Gasteiger partial charge is 0.0575 e. The molecule has 3 heteroatoms. The van der Waals surface area contributed by atoms with Crippen LogP contribution in [0, 0.1) is 6.92 Å². The summed E-state index contributed by atoms with van der Waals surface area (Å²) in [5.74, 6) is 0. The quantitative estimate of drug-likeness (QED) is 0.832. The maximum atomic E-state index is 4.52. The third kappa shape index (κ3) is 2.33. The van der Waals surface area contributed by atoms with Gasteiger partial charge < -0.3 is 0 Å². The summed E-state index contributed by atoms with van der Waals surface area (Å²) in [4.78, 5) is 8.59. The van der Waals surface area contributed by atoms with E-state index in [-0.39, 0.29) is 0 Å². The summed E-state index contributed by atoms with van der Waals surface area (Å²) < 4.78 is 0. The average molecular weight is 258 g/mol. The molecular formula is C15H18N2S. The van der Waals surface area contributed by atoms with Crippen molar-refractivity contribution in [1.29, 1.82) is 0 Å². The molecule has 1 aliphatic rings. The minimum Gasteiger partial charge on any atom is -0.290 e. The van der Waals surface area contributed by atoms with Gasteiger partial charge in [0.1, 0.15) is 0 Å². The van der Waals surface area contributed by atoms with Gasteiger partial charge in [-0.1, -0.05) is 6.07 Å². The lowest BCUT2D eigenvalue weighted by atomic mass is 10.1. The number of pyridine rings is 1. The van der Waals surface area contributed by atoms with Crippen molar-refractivity contribution in [3.63, 3.8) is 0 Å². The zero-order chi connectivity index (χ0) is 12.4. The van der Waals surface area contributed by atoms with Crippen LogP contribution in [-0.4, -0.2) is 16.4 Å². The van der Waals surface area contributed by atoms with Crippen LogP contribution in [0.4, 0.5) is 0 Å². The molecule has 3 rings (SSSR count). The SMILES string of the molecule is Cc1ccsc1CN1CCC[C@@H]1c1ccccn1. The molecule has 1 atom stereocenters. The Balaban J connectivity index is 1.78. The molecule has 0 unspecified atom stereocenters. The fourth-order valence-electron chi connectivity index (χ4n) is 2.67. The molecule has 0 saturated carbocycles. The number of likely N-dealkylation sites (tertiary alicyclic amines) is 1. The van der Waals surface area contributed by atoms with Gasteiger partial charge in [0.15, 0.2) is 0 Å². The first-order valence-corrected chi connectivity index (χ1v) is 7.40. The van der Waals surface area contributed by atoms with E-state index < -0.39 is 0 Å². The molecule has 94 valence electrons. The highest BCUT2D eigenvalue weighted by atomic mass is 32.1. The van der Waals surface area contributed by atoms with E-state index in [0.29, 0.717) is 6.04 Å². The molecule has 0 bridgehead atoms. The maximum Gasteiger partial charge on any atom is 0.0575 e. The van der Waals surface area contributed by atoms with Gasteiger partial charge in [-0.2, -0.15) is 0 Å². The second kappa shape index (κ2) is 5.21. The second-order valence-corrected chi connectivity index (χ2v) is 5.91. The zero-order valence-electron chi connectivity index (χ0n) is 10.7. The van der Waals surface area contributed by atoms with E-state index in [1.54, 1.807) is 0 Å². The Morgan fingerprint density at radius 1 is 1.39 bits per heavy atom. The van der Waals surface area contributed by atoms with Crippen molar-refractivity contribution in [2.24, 2.45) is 0 Å². The standard InChI is InChI=1S/C15H18N2S/c1-12-7-10-18-15(12)11-17-9-4-6-14(17)13-5-2-3-8-16-13/h2-3,5,7-8,10,14H,4,6,9,11H2,1H3/t14-/m1/s1. The van der Waals surface area contributed by atoms with Gasteiger partial charge in [0.2, 0.25) is 0 Å². The third-order valence-electron chi connectivity index (χ3n) is 3.71. The first-order chi connectivity index (χ1) is 8.84. The molecule has 0 aliphatic carbocycles. The van der Waals surface area contributed by atoms with Crippen molar-refractivity contribution < 1.29 is 0 Å². The summed E-state index contributed by atoms with van der Waals surface area (Å²) in [5.41, 5.74) is 2.65. The van der Waals surface area contributed by atoms with Crippen molar-refractivity contribution in [2.75, 3.05) is 6.54 Å². The molecule has 2 aromatic heterocycles. The number of thiophene rings is 1. The summed E-state index contributed by atoms with van der Waals surface area (Å²) in [6.45, 7) is 4.47. The fraction of sp³-hybridized carbons (Fsp3) is 0.400. The Kier molecular flexibility index (Phi) is 3.43. The van der Waals surface area contributed by atoms with Gasteiger partial charge in [-0.05, 0) is 55.5 Å². The predicted octanol–water partition coefficient (Wildman–Crippen LogP) is 3.79. The number of nitrogens with zero attached hydrogens (tertiary/aromatic N) is 2. The lowest BCUT2D eigenvalue weighted by Crippen LogP contribution is -2.23. The van der Waals surface area contributed by atoms with Crippen molar-refractivity contribution in [3.8, 4) is 0 Å². The molecule has 1 fully saturated rings. The third-order valence-corrected chi connectivity index (χ3v) is 4.72. The number of aromatic nitrogens is 1. The van der Waals surface area contributed by atoms with Crippen LogP contribution < -0.4 is 0 Å². The Morgan fingerprint density at radius 3 is 3.06 bits per heavy atom. The molecule has 0 radical (unpaired) electrons. The molecule has 1 saturated heterocycles. The molecule has 1 aliphatic heterocycles. The van der Waals surface area contributed by atoms with Gasteiger partial charge in [0, 0.05) is 17.6 Å². The van der Waals surface area contributed by atoms with Crippen LogP contribution in [0.2, 0.25) is 0 Å². The normalized spacial score (nSPS) is 20.4. The second-order valence-electron chi connectivity index (χ2n) is 4.91. The van der Waals surface area contributed by atoms with Gasteiger partial charge in [-0.15, -0.1) is 11.3 Å². The highest BCUT2D eigenvalue weighted by Gasteiger charge is 2.27. The van der Waals surface area contributed by atoms with E-state index in [2.05, 4.69) is 40.4 Å². The first kappa shape index (κ1) is 11.9. The summed E-state index contributed by atoms with van der Waals surface area (Å²) in [5, 5.41) is 2.19. The topological polar surface area (TPSA) is 16.1 Å². The predicted molar refractivity (Wildman–Crippen MR) is 75.7 cm³/mol. The Morgan fingerprint density at radius 2 is 2.33 bits per heavy atom. The minimum atomic E-state index is 0.507. The molecule has 0 aromatic carbocycles. The van der Waals surface area contributed by atoms with Gasteiger partial charge >= 0.3 is 0 Å². The van der Waals surface area contributed by atoms with E-state index >= 15 is 0 Å². The van der Waals surface area contributed by atoms with Crippen molar-refractivity contribution in [1.82, 2.24) is 9.88 Å². The molecular weight excluding hydrogens is 240 g/mol. The van der Waals surface area contributed by atoms with Crippen LogP contribution >= 0.6 is 11.3 Å². The molecule has 0 amide bonds. The number of hydrogen-bond donors (Lipinski definition) is 0. The first-order valence-electron chi connectivity index (χ1n) is 6.52. The van der Waals surface area contributed by atoms with E-state index in [1.807, 2.05) is 23.6 Å².